The number of nitrogens with zero attached hydrogens (tertiary/aromatic N) is 1. The molecule has 0 radical (unpaired) electrons. The Morgan fingerprint density at radius 2 is 1.97 bits per heavy atom. The number of rotatable bonds is 10. The van der Waals surface area contributed by atoms with Crippen LogP contribution in [0.1, 0.15) is 57.4 Å². The minimum atomic E-state index is 0.0355. The molecule has 3 rings (SSSR count). The van der Waals surface area contributed by atoms with Crippen LogP contribution in [0.3, 0.4) is 0 Å². The lowest BCUT2D eigenvalue weighted by Gasteiger charge is -2.47. The van der Waals surface area contributed by atoms with Crippen molar-refractivity contribution in [1.29, 1.82) is 0 Å². The van der Waals surface area contributed by atoms with Crippen LogP contribution in [-0.4, -0.2) is 38.6 Å². The van der Waals surface area contributed by atoms with Crippen LogP contribution in [0.2, 0.25) is 0 Å². The van der Waals surface area contributed by atoms with Crippen molar-refractivity contribution < 1.29 is 9.47 Å². The Labute approximate surface area is 182 Å². The third-order valence-corrected chi connectivity index (χ3v) is 6.82. The summed E-state index contributed by atoms with van der Waals surface area (Å²) in [5.74, 6) is 0.908. The van der Waals surface area contributed by atoms with Gasteiger partial charge in [0, 0.05) is 23.9 Å². The van der Waals surface area contributed by atoms with E-state index in [-0.39, 0.29) is 11.0 Å². The first-order valence-corrected chi connectivity index (χ1v) is 11.4. The van der Waals surface area contributed by atoms with Crippen molar-refractivity contribution in [3.63, 3.8) is 0 Å². The number of ether oxygens (including phenoxy) is 2. The van der Waals surface area contributed by atoms with Gasteiger partial charge in [-0.25, -0.2) is 0 Å². The quantitative estimate of drug-likeness (QED) is 0.410. The van der Waals surface area contributed by atoms with Crippen LogP contribution in [0.15, 0.2) is 53.7 Å². The molecule has 0 amide bonds. The number of aliphatic imine (C=N–C) groups is 1. The van der Waals surface area contributed by atoms with Crippen LogP contribution >= 0.6 is 0 Å². The van der Waals surface area contributed by atoms with Gasteiger partial charge in [0.2, 0.25) is 0 Å². The van der Waals surface area contributed by atoms with Crippen LogP contribution < -0.4 is 10.1 Å². The summed E-state index contributed by atoms with van der Waals surface area (Å²) in [6.45, 7) is 9.20. The molecule has 1 aromatic rings. The van der Waals surface area contributed by atoms with Crippen LogP contribution in [-0.2, 0) is 11.2 Å². The fraction of sp³-hybridized carbons (Fsp3) is 0.577. The standard InChI is InChI=1S/C26H38N2O2/c1-4-5-17-28-22(2)25(16-20-30-26(21-25)13-6-7-14-26)15-19-27-18-12-23-8-10-24(29-3)11-9-23/h4-5,8-11,17,27H,2,6-7,12-16,18-21H2,1,3H3/b5-4-,28-17-/t25-/m1/s1. The second-order valence-corrected chi connectivity index (χ2v) is 8.79. The van der Waals surface area contributed by atoms with E-state index < -0.39 is 0 Å². The summed E-state index contributed by atoms with van der Waals surface area (Å²) in [4.78, 5) is 4.73. The van der Waals surface area contributed by atoms with Gasteiger partial charge in [0.25, 0.3) is 0 Å². The van der Waals surface area contributed by atoms with Gasteiger partial charge in [0.15, 0.2) is 0 Å². The Hall–Kier alpha value is -1.91. The molecular weight excluding hydrogens is 372 g/mol. The topological polar surface area (TPSA) is 42.9 Å². The first-order valence-electron chi connectivity index (χ1n) is 11.4. The molecule has 4 heteroatoms. The molecule has 0 aromatic heterocycles. The predicted octanol–water partition coefficient (Wildman–Crippen LogP) is 5.49. The first-order chi connectivity index (χ1) is 14.6. The number of allylic oxidation sites excluding steroid dienone is 3. The highest BCUT2D eigenvalue weighted by Gasteiger charge is 2.48. The molecule has 0 bridgehead atoms. The van der Waals surface area contributed by atoms with E-state index in [0.717, 1.165) is 56.8 Å². The van der Waals surface area contributed by atoms with Crippen molar-refractivity contribution in [2.24, 2.45) is 10.4 Å². The van der Waals surface area contributed by atoms with Gasteiger partial charge < -0.3 is 14.8 Å². The molecule has 164 valence electrons. The SMILES string of the molecule is C=C(/N=C\C=C/C)[C@]1(CCNCCc2ccc(OC)cc2)CCOC2(CCCC2)C1. The van der Waals surface area contributed by atoms with Crippen LogP contribution in [0.4, 0.5) is 0 Å². The summed E-state index contributed by atoms with van der Waals surface area (Å²) in [5.41, 5.74) is 2.44. The summed E-state index contributed by atoms with van der Waals surface area (Å²) in [5, 5.41) is 3.66. The third kappa shape index (κ3) is 5.83. The minimum absolute atomic E-state index is 0.0355. The lowest BCUT2D eigenvalue weighted by Crippen LogP contribution is -2.45. The van der Waals surface area contributed by atoms with Crippen LogP contribution in [0.5, 0.6) is 5.75 Å². The maximum atomic E-state index is 6.32. The summed E-state index contributed by atoms with van der Waals surface area (Å²) in [6.07, 6.45) is 15.0. The molecule has 1 heterocycles. The van der Waals surface area contributed by atoms with Crippen molar-refractivity contribution >= 4 is 6.21 Å². The van der Waals surface area contributed by atoms with E-state index in [1.165, 1.54) is 31.2 Å². The van der Waals surface area contributed by atoms with Crippen molar-refractivity contribution in [3.8, 4) is 5.75 Å². The fourth-order valence-electron chi connectivity index (χ4n) is 5.00. The Morgan fingerprint density at radius 3 is 2.67 bits per heavy atom. The Morgan fingerprint density at radius 1 is 1.20 bits per heavy atom. The average Bonchev–Trinajstić information content (AvgIpc) is 3.21. The van der Waals surface area contributed by atoms with E-state index in [1.54, 1.807) is 7.11 Å². The minimum Gasteiger partial charge on any atom is -0.497 e. The number of nitrogens with one attached hydrogen (secondary N) is 1. The number of hydrogen-bond acceptors (Lipinski definition) is 4. The molecule has 2 fully saturated rings. The molecule has 1 N–H and O–H groups in total. The van der Waals surface area contributed by atoms with Crippen molar-refractivity contribution in [1.82, 2.24) is 5.32 Å². The van der Waals surface area contributed by atoms with Gasteiger partial charge in [-0.2, -0.15) is 0 Å². The molecule has 1 saturated heterocycles. The highest BCUT2D eigenvalue weighted by molar-refractivity contribution is 5.72. The number of hydrogen-bond donors (Lipinski definition) is 1. The van der Waals surface area contributed by atoms with Crippen LogP contribution in [0.25, 0.3) is 0 Å². The van der Waals surface area contributed by atoms with Crippen molar-refractivity contribution in [2.45, 2.75) is 63.9 Å². The molecule has 1 spiro atoms. The van der Waals surface area contributed by atoms with Gasteiger partial charge in [-0.3, -0.25) is 4.99 Å². The fourth-order valence-corrected chi connectivity index (χ4v) is 5.00. The lowest BCUT2D eigenvalue weighted by molar-refractivity contribution is -0.115. The summed E-state index contributed by atoms with van der Waals surface area (Å²) in [7, 11) is 1.70. The largest absolute Gasteiger partial charge is 0.497 e. The molecule has 0 unspecified atom stereocenters. The smallest absolute Gasteiger partial charge is 0.118 e. The van der Waals surface area contributed by atoms with Crippen molar-refractivity contribution in [3.05, 3.63) is 54.3 Å². The summed E-state index contributed by atoms with van der Waals surface area (Å²) < 4.78 is 11.6. The van der Waals surface area contributed by atoms with Gasteiger partial charge in [0.1, 0.15) is 5.75 Å². The highest BCUT2D eigenvalue weighted by atomic mass is 16.5. The highest BCUT2D eigenvalue weighted by Crippen LogP contribution is 2.52. The Balaban J connectivity index is 1.57. The maximum absolute atomic E-state index is 6.32. The molecule has 2 aliphatic rings. The monoisotopic (exact) mass is 410 g/mol. The van der Waals surface area contributed by atoms with Gasteiger partial charge in [-0.05, 0) is 82.3 Å². The van der Waals surface area contributed by atoms with E-state index in [2.05, 4.69) is 24.0 Å². The van der Waals surface area contributed by atoms with Gasteiger partial charge in [0.05, 0.1) is 12.7 Å². The van der Waals surface area contributed by atoms with Gasteiger partial charge in [-0.15, -0.1) is 0 Å². The molecule has 1 atom stereocenters. The average molecular weight is 411 g/mol. The molecule has 30 heavy (non-hydrogen) atoms. The molecule has 1 aliphatic heterocycles. The zero-order valence-electron chi connectivity index (χ0n) is 18.8. The van der Waals surface area contributed by atoms with Gasteiger partial charge in [-0.1, -0.05) is 37.6 Å². The summed E-state index contributed by atoms with van der Waals surface area (Å²) >= 11 is 0. The Bertz CT molecular complexity index is 732. The van der Waals surface area contributed by atoms with E-state index in [1.807, 2.05) is 37.4 Å². The molecule has 1 saturated carbocycles. The second kappa shape index (κ2) is 10.9. The van der Waals surface area contributed by atoms with Gasteiger partial charge >= 0.3 is 0 Å². The molecule has 1 aliphatic carbocycles. The number of methoxy groups -OCH3 is 1. The zero-order valence-corrected chi connectivity index (χ0v) is 18.8. The normalized spacial score (nSPS) is 23.5. The van der Waals surface area contributed by atoms with Crippen molar-refractivity contribution in [2.75, 3.05) is 26.8 Å². The predicted molar refractivity (Wildman–Crippen MR) is 125 cm³/mol. The molecule has 4 nitrogen and oxygen atoms in total. The second-order valence-electron chi connectivity index (χ2n) is 8.79. The zero-order chi connectivity index (χ0) is 21.3. The van der Waals surface area contributed by atoms with E-state index >= 15 is 0 Å². The van der Waals surface area contributed by atoms with E-state index in [9.17, 15) is 0 Å². The molecular formula is C26H38N2O2. The molecule has 1 aromatic carbocycles. The van der Waals surface area contributed by atoms with E-state index in [4.69, 9.17) is 14.5 Å². The summed E-state index contributed by atoms with van der Waals surface area (Å²) in [6, 6.07) is 8.34. The third-order valence-electron chi connectivity index (χ3n) is 6.82. The Kier molecular flexibility index (Phi) is 8.29. The number of benzene rings is 1. The van der Waals surface area contributed by atoms with E-state index in [0.29, 0.717) is 0 Å². The lowest BCUT2D eigenvalue weighted by atomic mass is 9.68. The maximum Gasteiger partial charge on any atom is 0.118 e. The van der Waals surface area contributed by atoms with Crippen LogP contribution in [0, 0.1) is 5.41 Å². The first kappa shape index (κ1) is 22.8.